The van der Waals surface area contributed by atoms with E-state index < -0.39 is 29.4 Å². The van der Waals surface area contributed by atoms with Gasteiger partial charge in [0, 0.05) is 12.6 Å². The van der Waals surface area contributed by atoms with Crippen LogP contribution in [0.2, 0.25) is 0 Å². The zero-order valence-electron chi connectivity index (χ0n) is 15.0. The summed E-state index contributed by atoms with van der Waals surface area (Å²) in [5.74, 6) is -2.34. The van der Waals surface area contributed by atoms with E-state index in [2.05, 4.69) is 5.32 Å². The third kappa shape index (κ3) is 2.56. The number of carbonyl (C=O) groups is 3. The first-order valence-electron chi connectivity index (χ1n) is 8.71. The van der Waals surface area contributed by atoms with Crippen LogP contribution in [0.4, 0.5) is 0 Å². The van der Waals surface area contributed by atoms with E-state index in [0.717, 1.165) is 11.1 Å². The second-order valence-electron chi connectivity index (χ2n) is 6.88. The molecule has 1 aromatic carbocycles. The van der Waals surface area contributed by atoms with E-state index in [4.69, 9.17) is 4.74 Å². The number of imide groups is 1. The van der Waals surface area contributed by atoms with Gasteiger partial charge < -0.3 is 4.74 Å². The maximum Gasteiger partial charge on any atom is 0.326 e. The molecule has 2 aliphatic rings. The number of hydrogen-bond donors (Lipinski definition) is 1. The molecule has 0 spiro atoms. The Balaban J connectivity index is 2.07. The van der Waals surface area contributed by atoms with Crippen LogP contribution in [0.5, 0.6) is 0 Å². The number of rotatable bonds is 4. The second-order valence-corrected chi connectivity index (χ2v) is 6.88. The van der Waals surface area contributed by atoms with Gasteiger partial charge in [-0.1, -0.05) is 29.8 Å². The molecule has 3 rings (SSSR count). The van der Waals surface area contributed by atoms with Gasteiger partial charge in [0.1, 0.15) is 5.54 Å². The van der Waals surface area contributed by atoms with Crippen LogP contribution in [0.15, 0.2) is 24.3 Å². The van der Waals surface area contributed by atoms with Crippen molar-refractivity contribution >= 4 is 17.8 Å². The average Bonchev–Trinajstić information content (AvgIpc) is 3.03. The number of nitrogens with one attached hydrogen (secondary N) is 1. The summed E-state index contributed by atoms with van der Waals surface area (Å²) in [5.41, 5.74) is 0.788. The molecule has 0 bridgehead atoms. The van der Waals surface area contributed by atoms with Crippen molar-refractivity contribution in [1.82, 2.24) is 10.2 Å². The van der Waals surface area contributed by atoms with Gasteiger partial charge in [-0.05, 0) is 33.3 Å². The molecule has 1 aromatic rings. The lowest BCUT2D eigenvalue weighted by Gasteiger charge is -2.28. The van der Waals surface area contributed by atoms with Gasteiger partial charge in [-0.2, -0.15) is 0 Å². The molecule has 134 valence electrons. The first-order valence-corrected chi connectivity index (χ1v) is 8.71. The van der Waals surface area contributed by atoms with Crippen LogP contribution in [0.3, 0.4) is 0 Å². The summed E-state index contributed by atoms with van der Waals surface area (Å²) in [7, 11) is 0. The highest BCUT2D eigenvalue weighted by atomic mass is 16.5. The topological polar surface area (TPSA) is 75.7 Å². The molecule has 6 nitrogen and oxygen atoms in total. The molecular weight excluding hydrogens is 320 g/mol. The smallest absolute Gasteiger partial charge is 0.326 e. The van der Waals surface area contributed by atoms with E-state index >= 15 is 0 Å². The van der Waals surface area contributed by atoms with Gasteiger partial charge in [0.05, 0.1) is 18.4 Å². The summed E-state index contributed by atoms with van der Waals surface area (Å²) in [4.78, 5) is 39.6. The van der Waals surface area contributed by atoms with Crippen LogP contribution >= 0.6 is 0 Å². The molecule has 25 heavy (non-hydrogen) atoms. The SMILES string of the molecule is CCOC(=O)[C@]1(C)N[C@@H](c2ccc(C)cc2)[C@H]2C(=O)N(CC)C(=O)[C@@H]21. The van der Waals surface area contributed by atoms with E-state index in [0.29, 0.717) is 6.54 Å². The maximum atomic E-state index is 12.9. The molecule has 1 N–H and O–H groups in total. The monoisotopic (exact) mass is 344 g/mol. The fourth-order valence-electron chi connectivity index (χ4n) is 4.04. The van der Waals surface area contributed by atoms with Crippen LogP contribution in [-0.2, 0) is 19.1 Å². The lowest BCUT2D eigenvalue weighted by molar-refractivity contribution is -0.155. The van der Waals surface area contributed by atoms with Crippen molar-refractivity contribution < 1.29 is 19.1 Å². The van der Waals surface area contributed by atoms with Gasteiger partial charge in [0.2, 0.25) is 11.8 Å². The predicted octanol–water partition coefficient (Wildman–Crippen LogP) is 1.58. The number of aryl methyl sites for hydroxylation is 1. The summed E-state index contributed by atoms with van der Waals surface area (Å²) in [5, 5.41) is 3.25. The molecular formula is C19H24N2O4. The van der Waals surface area contributed by atoms with Crippen LogP contribution < -0.4 is 5.32 Å². The Bertz CT molecular complexity index is 715. The number of hydrogen-bond acceptors (Lipinski definition) is 5. The summed E-state index contributed by atoms with van der Waals surface area (Å²) < 4.78 is 5.21. The third-order valence-electron chi connectivity index (χ3n) is 5.33. The normalized spacial score (nSPS) is 31.4. The van der Waals surface area contributed by atoms with E-state index in [1.807, 2.05) is 31.2 Å². The van der Waals surface area contributed by atoms with Crippen molar-refractivity contribution in [3.05, 3.63) is 35.4 Å². The van der Waals surface area contributed by atoms with Crippen molar-refractivity contribution in [2.75, 3.05) is 13.2 Å². The van der Waals surface area contributed by atoms with Gasteiger partial charge in [0.15, 0.2) is 0 Å². The van der Waals surface area contributed by atoms with Crippen molar-refractivity contribution in [2.45, 2.75) is 39.3 Å². The Kier molecular flexibility index (Phi) is 4.41. The molecule has 2 aliphatic heterocycles. The number of fused-ring (bicyclic) bond motifs is 1. The highest BCUT2D eigenvalue weighted by Crippen LogP contribution is 2.48. The first-order chi connectivity index (χ1) is 11.8. The summed E-state index contributed by atoms with van der Waals surface area (Å²) in [6.07, 6.45) is 0. The standard InChI is InChI=1S/C19H24N2O4/c1-5-21-16(22)13-14(17(21)23)19(4,18(24)25-6-2)20-15(13)12-9-7-11(3)8-10-12/h7-10,13-15,20H,5-6H2,1-4H3/t13-,14+,15-,19+/m0/s1. The fourth-order valence-corrected chi connectivity index (χ4v) is 4.04. The van der Waals surface area contributed by atoms with Gasteiger partial charge in [-0.15, -0.1) is 0 Å². The zero-order chi connectivity index (χ0) is 18.4. The lowest BCUT2D eigenvalue weighted by atomic mass is 9.80. The molecule has 4 atom stereocenters. The molecule has 2 saturated heterocycles. The van der Waals surface area contributed by atoms with Gasteiger partial charge in [0.25, 0.3) is 0 Å². The maximum absolute atomic E-state index is 12.9. The third-order valence-corrected chi connectivity index (χ3v) is 5.33. The average molecular weight is 344 g/mol. The molecule has 0 unspecified atom stereocenters. The molecule has 0 saturated carbocycles. The first kappa shape index (κ1) is 17.6. The van der Waals surface area contributed by atoms with Gasteiger partial charge in [-0.3, -0.25) is 24.6 Å². The Hall–Kier alpha value is -2.21. The summed E-state index contributed by atoms with van der Waals surface area (Å²) >= 11 is 0. The van der Waals surface area contributed by atoms with E-state index in [-0.39, 0.29) is 18.4 Å². The Morgan fingerprint density at radius 1 is 1.20 bits per heavy atom. The minimum absolute atomic E-state index is 0.219. The number of esters is 1. The molecule has 2 amide bonds. The number of benzene rings is 1. The minimum atomic E-state index is -1.22. The number of nitrogens with zero attached hydrogens (tertiary/aromatic N) is 1. The largest absolute Gasteiger partial charge is 0.465 e. The van der Waals surface area contributed by atoms with Gasteiger partial charge in [-0.25, -0.2) is 0 Å². The Morgan fingerprint density at radius 3 is 2.40 bits per heavy atom. The molecule has 0 radical (unpaired) electrons. The molecule has 2 heterocycles. The molecule has 2 fully saturated rings. The lowest BCUT2D eigenvalue weighted by Crippen LogP contribution is -2.54. The predicted molar refractivity (Wildman–Crippen MR) is 91.5 cm³/mol. The van der Waals surface area contributed by atoms with E-state index in [9.17, 15) is 14.4 Å². The minimum Gasteiger partial charge on any atom is -0.465 e. The molecule has 6 heteroatoms. The number of ether oxygens (including phenoxy) is 1. The second kappa shape index (κ2) is 6.26. The highest BCUT2D eigenvalue weighted by molar-refractivity contribution is 6.09. The molecule has 0 aromatic heterocycles. The summed E-state index contributed by atoms with van der Waals surface area (Å²) in [6, 6.07) is 7.41. The number of likely N-dealkylation sites (tertiary alicyclic amines) is 1. The van der Waals surface area contributed by atoms with Crippen molar-refractivity contribution in [3.8, 4) is 0 Å². The van der Waals surface area contributed by atoms with E-state index in [1.54, 1.807) is 20.8 Å². The van der Waals surface area contributed by atoms with Crippen molar-refractivity contribution in [2.24, 2.45) is 11.8 Å². The van der Waals surface area contributed by atoms with Gasteiger partial charge >= 0.3 is 5.97 Å². The quantitative estimate of drug-likeness (QED) is 0.663. The van der Waals surface area contributed by atoms with Crippen LogP contribution in [-0.4, -0.2) is 41.4 Å². The highest BCUT2D eigenvalue weighted by Gasteiger charge is 2.66. The van der Waals surface area contributed by atoms with Crippen LogP contribution in [0, 0.1) is 18.8 Å². The van der Waals surface area contributed by atoms with Crippen LogP contribution in [0.1, 0.15) is 37.9 Å². The Labute approximate surface area is 147 Å². The number of amides is 2. The zero-order valence-corrected chi connectivity index (χ0v) is 15.0. The van der Waals surface area contributed by atoms with E-state index in [1.165, 1.54) is 4.90 Å². The summed E-state index contributed by atoms with van der Waals surface area (Å²) in [6.45, 7) is 7.69. The number of carbonyl (C=O) groups excluding carboxylic acids is 3. The fraction of sp³-hybridized carbons (Fsp3) is 0.526. The Morgan fingerprint density at radius 2 is 1.84 bits per heavy atom. The van der Waals surface area contributed by atoms with Crippen molar-refractivity contribution in [1.29, 1.82) is 0 Å². The van der Waals surface area contributed by atoms with Crippen LogP contribution in [0.25, 0.3) is 0 Å². The molecule has 0 aliphatic carbocycles. The van der Waals surface area contributed by atoms with Crippen molar-refractivity contribution in [3.63, 3.8) is 0 Å².